The van der Waals surface area contributed by atoms with Crippen molar-refractivity contribution in [3.05, 3.63) is 24.3 Å². The lowest BCUT2D eigenvalue weighted by Gasteiger charge is -2.23. The summed E-state index contributed by atoms with van der Waals surface area (Å²) in [7, 11) is 1.88. The van der Waals surface area contributed by atoms with Crippen LogP contribution < -0.4 is 15.4 Å². The highest BCUT2D eigenvalue weighted by Gasteiger charge is 2.15. The molecule has 130 valence electrons. The number of ether oxygens (including phenoxy) is 2. The molecule has 1 heterocycles. The highest BCUT2D eigenvalue weighted by atomic mass is 35.5. The molecule has 23 heavy (non-hydrogen) atoms. The molecule has 1 aromatic carbocycles. The van der Waals surface area contributed by atoms with Gasteiger partial charge in [-0.05, 0) is 51.4 Å². The van der Waals surface area contributed by atoms with Crippen molar-refractivity contribution < 1.29 is 14.3 Å². The van der Waals surface area contributed by atoms with E-state index in [-0.39, 0.29) is 24.4 Å². The van der Waals surface area contributed by atoms with Gasteiger partial charge in [-0.2, -0.15) is 0 Å². The number of anilines is 1. The Morgan fingerprint density at radius 1 is 1.35 bits per heavy atom. The van der Waals surface area contributed by atoms with E-state index in [2.05, 4.69) is 10.6 Å². The molecule has 2 N–H and O–H groups in total. The van der Waals surface area contributed by atoms with E-state index in [0.29, 0.717) is 18.8 Å². The summed E-state index contributed by atoms with van der Waals surface area (Å²) in [6, 6.07) is 7.56. The van der Waals surface area contributed by atoms with Gasteiger partial charge < -0.3 is 20.1 Å². The first-order chi connectivity index (χ1) is 10.8. The number of carbonyl (C=O) groups is 1. The molecule has 0 aliphatic carbocycles. The largest absolute Gasteiger partial charge is 0.489 e. The summed E-state index contributed by atoms with van der Waals surface area (Å²) in [5.74, 6) is 0.721. The van der Waals surface area contributed by atoms with Crippen molar-refractivity contribution in [1.82, 2.24) is 5.32 Å². The van der Waals surface area contributed by atoms with E-state index in [4.69, 9.17) is 9.47 Å². The molecule has 1 aliphatic rings. The Bertz CT molecular complexity index is 465. The van der Waals surface area contributed by atoms with Crippen LogP contribution in [0.3, 0.4) is 0 Å². The number of rotatable bonds is 8. The summed E-state index contributed by atoms with van der Waals surface area (Å²) in [6.45, 7) is 2.19. The van der Waals surface area contributed by atoms with Crippen molar-refractivity contribution >= 4 is 24.0 Å². The van der Waals surface area contributed by atoms with Gasteiger partial charge in [0.15, 0.2) is 0 Å². The summed E-state index contributed by atoms with van der Waals surface area (Å²) in [5.41, 5.74) is 0.729. The number of halogens is 1. The second-order valence-electron chi connectivity index (χ2n) is 5.55. The van der Waals surface area contributed by atoms with Crippen molar-refractivity contribution in [3.63, 3.8) is 0 Å². The Morgan fingerprint density at radius 2 is 2.17 bits per heavy atom. The molecule has 1 fully saturated rings. The molecule has 6 heteroatoms. The van der Waals surface area contributed by atoms with E-state index < -0.39 is 0 Å². The second-order valence-corrected chi connectivity index (χ2v) is 5.55. The predicted molar refractivity (Wildman–Crippen MR) is 94.6 cm³/mol. The monoisotopic (exact) mass is 342 g/mol. The minimum absolute atomic E-state index is 0. The molecule has 5 nitrogen and oxygen atoms in total. The number of carbonyl (C=O) groups excluding carboxylic acids is 1. The first-order valence-corrected chi connectivity index (χ1v) is 8.07. The van der Waals surface area contributed by atoms with Crippen LogP contribution in [0.5, 0.6) is 5.75 Å². The second kappa shape index (κ2) is 11.3. The summed E-state index contributed by atoms with van der Waals surface area (Å²) in [6.07, 6.45) is 4.85. The number of hydrogen-bond donors (Lipinski definition) is 2. The molecule has 0 radical (unpaired) electrons. The fourth-order valence-corrected chi connectivity index (χ4v) is 2.46. The molecule has 0 bridgehead atoms. The van der Waals surface area contributed by atoms with Crippen LogP contribution in [0.1, 0.15) is 32.1 Å². The number of para-hydroxylation sites is 2. The smallest absolute Gasteiger partial charge is 0.224 e. The fourth-order valence-electron chi connectivity index (χ4n) is 2.46. The van der Waals surface area contributed by atoms with Crippen LogP contribution in [-0.4, -0.2) is 38.8 Å². The van der Waals surface area contributed by atoms with Crippen LogP contribution in [-0.2, 0) is 9.53 Å². The van der Waals surface area contributed by atoms with Gasteiger partial charge in [0.1, 0.15) is 12.4 Å². The molecule has 1 aliphatic heterocycles. The van der Waals surface area contributed by atoms with Gasteiger partial charge in [0.2, 0.25) is 5.91 Å². The first-order valence-electron chi connectivity index (χ1n) is 8.07. The lowest BCUT2D eigenvalue weighted by Crippen LogP contribution is -2.26. The number of hydrogen-bond acceptors (Lipinski definition) is 4. The molecule has 0 aromatic heterocycles. The van der Waals surface area contributed by atoms with E-state index in [1.54, 1.807) is 0 Å². The summed E-state index contributed by atoms with van der Waals surface area (Å²) >= 11 is 0. The average molecular weight is 343 g/mol. The molecule has 2 rings (SSSR count). The van der Waals surface area contributed by atoms with Crippen LogP contribution in [0.25, 0.3) is 0 Å². The number of nitrogens with one attached hydrogen (secondary N) is 2. The quantitative estimate of drug-likeness (QED) is 0.713. The van der Waals surface area contributed by atoms with E-state index in [1.807, 2.05) is 31.3 Å². The molecule has 1 unspecified atom stereocenters. The molecular formula is C17H27ClN2O3. The maximum atomic E-state index is 11.9. The lowest BCUT2D eigenvalue weighted by atomic mass is 10.1. The van der Waals surface area contributed by atoms with Gasteiger partial charge in [-0.3, -0.25) is 4.79 Å². The summed E-state index contributed by atoms with van der Waals surface area (Å²) in [5, 5.41) is 5.96. The Balaban J connectivity index is 0.00000264. The molecule has 0 saturated carbocycles. The third-order valence-electron chi connectivity index (χ3n) is 3.69. The standard InChI is InChI=1S/C17H26N2O3.ClH/c1-18-11-6-10-17(20)19-15-8-2-3-9-16(15)22-13-14-7-4-5-12-21-14;/h2-3,8-9,14,18H,4-7,10-13H2,1H3,(H,19,20);1H. The van der Waals surface area contributed by atoms with Gasteiger partial charge in [0.25, 0.3) is 0 Å². The van der Waals surface area contributed by atoms with Crippen molar-refractivity contribution in [2.45, 2.75) is 38.2 Å². The number of amides is 1. The third-order valence-corrected chi connectivity index (χ3v) is 3.69. The highest BCUT2D eigenvalue weighted by molar-refractivity contribution is 5.92. The molecule has 1 atom stereocenters. The van der Waals surface area contributed by atoms with Crippen LogP contribution in [0.2, 0.25) is 0 Å². The third kappa shape index (κ3) is 7.20. The van der Waals surface area contributed by atoms with Gasteiger partial charge in [0.05, 0.1) is 11.8 Å². The minimum Gasteiger partial charge on any atom is -0.489 e. The summed E-state index contributed by atoms with van der Waals surface area (Å²) in [4.78, 5) is 11.9. The van der Waals surface area contributed by atoms with E-state index in [1.165, 1.54) is 6.42 Å². The Kier molecular flexibility index (Phi) is 9.67. The zero-order valence-corrected chi connectivity index (χ0v) is 14.5. The number of benzene rings is 1. The van der Waals surface area contributed by atoms with Gasteiger partial charge in [-0.15, -0.1) is 12.4 Å². The highest BCUT2D eigenvalue weighted by Crippen LogP contribution is 2.25. The topological polar surface area (TPSA) is 59.6 Å². The van der Waals surface area contributed by atoms with Crippen molar-refractivity contribution in [3.8, 4) is 5.75 Å². The van der Waals surface area contributed by atoms with E-state index in [9.17, 15) is 4.79 Å². The van der Waals surface area contributed by atoms with Crippen molar-refractivity contribution in [2.75, 3.05) is 32.1 Å². The Labute approximate surface area is 144 Å². The van der Waals surface area contributed by atoms with Crippen LogP contribution in [0, 0.1) is 0 Å². The zero-order valence-electron chi connectivity index (χ0n) is 13.7. The molecule has 0 spiro atoms. The van der Waals surface area contributed by atoms with Crippen molar-refractivity contribution in [1.29, 1.82) is 0 Å². The van der Waals surface area contributed by atoms with Gasteiger partial charge in [0, 0.05) is 13.0 Å². The SMILES string of the molecule is CNCCCC(=O)Nc1ccccc1OCC1CCCCO1.Cl. The Hall–Kier alpha value is -1.30. The van der Waals surface area contributed by atoms with Crippen LogP contribution in [0.4, 0.5) is 5.69 Å². The minimum atomic E-state index is 0. The molecule has 1 amide bonds. The Morgan fingerprint density at radius 3 is 2.91 bits per heavy atom. The van der Waals surface area contributed by atoms with Crippen LogP contribution in [0.15, 0.2) is 24.3 Å². The van der Waals surface area contributed by atoms with Gasteiger partial charge >= 0.3 is 0 Å². The molecule has 1 saturated heterocycles. The lowest BCUT2D eigenvalue weighted by molar-refractivity contribution is -0.116. The van der Waals surface area contributed by atoms with E-state index in [0.717, 1.165) is 38.1 Å². The van der Waals surface area contributed by atoms with E-state index >= 15 is 0 Å². The van der Waals surface area contributed by atoms with Gasteiger partial charge in [-0.1, -0.05) is 12.1 Å². The maximum Gasteiger partial charge on any atom is 0.224 e. The zero-order chi connectivity index (χ0) is 15.6. The predicted octanol–water partition coefficient (Wildman–Crippen LogP) is 2.99. The van der Waals surface area contributed by atoms with Crippen molar-refractivity contribution in [2.24, 2.45) is 0 Å². The fraction of sp³-hybridized carbons (Fsp3) is 0.588. The van der Waals surface area contributed by atoms with Gasteiger partial charge in [-0.25, -0.2) is 0 Å². The molecule has 1 aromatic rings. The first kappa shape index (κ1) is 19.7. The normalized spacial score (nSPS) is 17.2. The van der Waals surface area contributed by atoms with Crippen LogP contribution >= 0.6 is 12.4 Å². The average Bonchev–Trinajstić information content (AvgIpc) is 2.55. The molecular weight excluding hydrogens is 316 g/mol. The maximum absolute atomic E-state index is 11.9. The summed E-state index contributed by atoms with van der Waals surface area (Å²) < 4.78 is 11.5.